The summed E-state index contributed by atoms with van der Waals surface area (Å²) in [6.45, 7) is -0.0659. The van der Waals surface area contributed by atoms with E-state index in [2.05, 4.69) is 10.6 Å². The molecular weight excluding hydrogens is 355 g/mol. The van der Waals surface area contributed by atoms with Crippen molar-refractivity contribution in [3.05, 3.63) is 24.3 Å². The molecule has 0 heterocycles. The van der Waals surface area contributed by atoms with Crippen LogP contribution in [0.5, 0.6) is 0 Å². The molecule has 4 nitrogen and oxygen atoms in total. The monoisotopic (exact) mass is 374 g/mol. The summed E-state index contributed by atoms with van der Waals surface area (Å²) in [6, 6.07) is 1.16. The highest BCUT2D eigenvalue weighted by Crippen LogP contribution is 3.02. The normalized spacial score (nSPS) is 24.6. The van der Waals surface area contributed by atoms with E-state index in [1.54, 1.807) is 0 Å². The molecule has 10 heteroatoms. The van der Waals surface area contributed by atoms with Gasteiger partial charge in [-0.05, 0) is 37.1 Å². The molecule has 0 bridgehead atoms. The number of benzene rings is 1. The van der Waals surface area contributed by atoms with Gasteiger partial charge in [-0.1, -0.05) is 32.3 Å². The molecule has 2 rings (SSSR count). The number of hydrogen-bond donors (Lipinski definition) is 3. The Hall–Kier alpha value is -1.55. The van der Waals surface area contributed by atoms with Crippen molar-refractivity contribution in [2.75, 3.05) is 11.9 Å². The second-order valence-corrected chi connectivity index (χ2v) is 8.33. The maximum atomic E-state index is 12.6. The molecule has 0 aliphatic heterocycles. The number of halogens is 5. The summed E-state index contributed by atoms with van der Waals surface area (Å²) in [7, 11) is -9.71. The number of rotatable bonds is 4. The first-order valence-electron chi connectivity index (χ1n) is 7.41. The fourth-order valence-electron chi connectivity index (χ4n) is 2.75. The Kier molecular flexibility index (Phi) is 4.51. The van der Waals surface area contributed by atoms with Gasteiger partial charge in [-0.2, -0.15) is 0 Å². The first-order valence-corrected chi connectivity index (χ1v) is 9.37. The van der Waals surface area contributed by atoms with Gasteiger partial charge in [0.1, 0.15) is 4.90 Å². The van der Waals surface area contributed by atoms with Gasteiger partial charge in [-0.15, -0.1) is 0 Å². The first kappa shape index (κ1) is 18.8. The largest absolute Gasteiger partial charge is 0.396 e. The number of hydrogen-bond acceptors (Lipinski definition) is 2. The van der Waals surface area contributed by atoms with E-state index in [-0.39, 0.29) is 36.4 Å². The Morgan fingerprint density at radius 3 is 2.21 bits per heavy atom. The second kappa shape index (κ2) is 5.76. The molecule has 138 valence electrons. The van der Waals surface area contributed by atoms with Crippen molar-refractivity contribution in [2.45, 2.75) is 36.6 Å². The maximum absolute atomic E-state index is 12.6. The lowest BCUT2D eigenvalue weighted by atomic mass is 9.85. The van der Waals surface area contributed by atoms with E-state index in [1.807, 2.05) is 0 Å². The van der Waals surface area contributed by atoms with Gasteiger partial charge < -0.3 is 15.7 Å². The van der Waals surface area contributed by atoms with Crippen molar-refractivity contribution < 1.29 is 29.3 Å². The van der Waals surface area contributed by atoms with Crippen LogP contribution in [0.2, 0.25) is 0 Å². The highest BCUT2D eigenvalue weighted by Gasteiger charge is 2.65. The molecule has 1 aromatic rings. The lowest BCUT2D eigenvalue weighted by molar-refractivity contribution is 0.156. The molecule has 1 aliphatic rings. The molecule has 1 fully saturated rings. The van der Waals surface area contributed by atoms with E-state index in [4.69, 9.17) is 0 Å². The fraction of sp³-hybridized carbons (Fsp3) is 0.500. The molecule has 0 unspecified atom stereocenters. The van der Waals surface area contributed by atoms with Gasteiger partial charge in [0.2, 0.25) is 0 Å². The molecule has 3 N–H and O–H groups in total. The Morgan fingerprint density at radius 2 is 1.67 bits per heavy atom. The molecule has 2 atom stereocenters. The maximum Gasteiger partial charge on any atom is 0.319 e. The molecule has 1 aromatic carbocycles. The summed E-state index contributed by atoms with van der Waals surface area (Å²) < 4.78 is 63.0. The topological polar surface area (TPSA) is 61.4 Å². The van der Waals surface area contributed by atoms with Crippen LogP contribution in [0.4, 0.5) is 29.9 Å². The minimum atomic E-state index is -9.71. The zero-order chi connectivity index (χ0) is 18.1. The SMILES string of the molecule is O=C(Nc1ccc(S(F)(F)(F)(F)F)cc1)N[C@H]1CCCC[C@H]1CO. The standard InChI is InChI=1S/C14H19F5N2O2S/c15-24(16,17,18,19)12-7-5-11(6-8-12)20-14(23)21-13-4-2-1-3-10(13)9-22/h5-8,10,13,22H,1-4,9H2,(H2,20,21,23)/t10-,13-/m0/s1. The van der Waals surface area contributed by atoms with Crippen molar-refractivity contribution in [2.24, 2.45) is 5.92 Å². The summed E-state index contributed by atoms with van der Waals surface area (Å²) in [4.78, 5) is 9.88. The Balaban J connectivity index is 2.00. The minimum absolute atomic E-state index is 0.0329. The summed E-state index contributed by atoms with van der Waals surface area (Å²) in [5.41, 5.74) is -0.0329. The quantitative estimate of drug-likeness (QED) is 0.649. The first-order chi connectivity index (χ1) is 10.9. The number of amides is 2. The zero-order valence-corrected chi connectivity index (χ0v) is 13.5. The number of urea groups is 1. The van der Waals surface area contributed by atoms with Crippen molar-refractivity contribution in [1.29, 1.82) is 0 Å². The number of aliphatic hydroxyl groups excluding tert-OH is 1. The van der Waals surface area contributed by atoms with Gasteiger partial charge >= 0.3 is 16.3 Å². The molecule has 24 heavy (non-hydrogen) atoms. The van der Waals surface area contributed by atoms with Crippen LogP contribution in [-0.4, -0.2) is 23.8 Å². The Labute approximate surface area is 136 Å². The van der Waals surface area contributed by atoms with Crippen LogP contribution >= 0.6 is 10.2 Å². The second-order valence-electron chi connectivity index (χ2n) is 5.93. The Morgan fingerprint density at radius 1 is 1.08 bits per heavy atom. The number of anilines is 1. The van der Waals surface area contributed by atoms with Gasteiger partial charge in [0.15, 0.2) is 0 Å². The summed E-state index contributed by atoms with van der Waals surface area (Å²) in [6.07, 6.45) is 3.34. The summed E-state index contributed by atoms with van der Waals surface area (Å²) in [5, 5.41) is 14.2. The van der Waals surface area contributed by atoms with Crippen molar-refractivity contribution in [1.82, 2.24) is 5.32 Å². The lowest BCUT2D eigenvalue weighted by Gasteiger charge is -2.40. The van der Waals surface area contributed by atoms with Crippen LogP contribution in [0, 0.1) is 5.92 Å². The predicted octanol–water partition coefficient (Wildman–Crippen LogP) is 5.02. The predicted molar refractivity (Wildman–Crippen MR) is 82.8 cm³/mol. The lowest BCUT2D eigenvalue weighted by Crippen LogP contribution is -2.45. The van der Waals surface area contributed by atoms with Crippen molar-refractivity contribution >= 4 is 21.9 Å². The van der Waals surface area contributed by atoms with Crippen LogP contribution in [0.1, 0.15) is 25.7 Å². The van der Waals surface area contributed by atoms with E-state index in [0.29, 0.717) is 6.42 Å². The smallest absolute Gasteiger partial charge is 0.319 e. The molecule has 0 saturated heterocycles. The van der Waals surface area contributed by atoms with Crippen molar-refractivity contribution in [3.8, 4) is 0 Å². The summed E-state index contributed by atoms with van der Waals surface area (Å²) >= 11 is 0. The summed E-state index contributed by atoms with van der Waals surface area (Å²) in [5.74, 6) is -0.0694. The average molecular weight is 374 g/mol. The van der Waals surface area contributed by atoms with E-state index in [0.717, 1.165) is 31.4 Å². The molecule has 1 saturated carbocycles. The Bertz CT molecular complexity index is 606. The van der Waals surface area contributed by atoms with Crippen molar-refractivity contribution in [3.63, 3.8) is 0 Å². The average Bonchev–Trinajstić information content (AvgIpc) is 2.46. The third kappa shape index (κ3) is 4.97. The molecule has 0 aromatic heterocycles. The molecular formula is C14H19F5N2O2S. The zero-order valence-electron chi connectivity index (χ0n) is 12.7. The molecule has 0 radical (unpaired) electrons. The van der Waals surface area contributed by atoms with Crippen LogP contribution in [0.3, 0.4) is 0 Å². The van der Waals surface area contributed by atoms with E-state index < -0.39 is 21.2 Å². The third-order valence-corrected chi connectivity index (χ3v) is 5.18. The van der Waals surface area contributed by atoms with Crippen LogP contribution < -0.4 is 10.6 Å². The number of nitrogens with one attached hydrogen (secondary N) is 2. The number of aliphatic hydroxyl groups is 1. The van der Waals surface area contributed by atoms with E-state index >= 15 is 0 Å². The van der Waals surface area contributed by atoms with Gasteiger partial charge in [-0.25, -0.2) is 4.79 Å². The van der Waals surface area contributed by atoms with Crippen LogP contribution in [0.15, 0.2) is 29.2 Å². The van der Waals surface area contributed by atoms with Gasteiger partial charge in [0.05, 0.1) is 0 Å². The van der Waals surface area contributed by atoms with E-state index in [9.17, 15) is 29.3 Å². The minimum Gasteiger partial charge on any atom is -0.396 e. The highest BCUT2D eigenvalue weighted by molar-refractivity contribution is 8.45. The molecule has 1 aliphatic carbocycles. The molecule has 2 amide bonds. The fourth-order valence-corrected chi connectivity index (χ4v) is 3.40. The van der Waals surface area contributed by atoms with Gasteiger partial charge in [0, 0.05) is 24.3 Å². The van der Waals surface area contributed by atoms with E-state index in [1.165, 1.54) is 0 Å². The molecule has 0 spiro atoms. The number of carbonyl (C=O) groups is 1. The van der Waals surface area contributed by atoms with Gasteiger partial charge in [-0.3, -0.25) is 0 Å². The van der Waals surface area contributed by atoms with Crippen LogP contribution in [0.25, 0.3) is 0 Å². The van der Waals surface area contributed by atoms with Gasteiger partial charge in [0.25, 0.3) is 0 Å². The number of carbonyl (C=O) groups excluding carboxylic acids is 1. The van der Waals surface area contributed by atoms with Crippen LogP contribution in [-0.2, 0) is 0 Å². The third-order valence-electron chi connectivity index (χ3n) is 4.02. The highest BCUT2D eigenvalue weighted by atomic mass is 32.5.